The van der Waals surface area contributed by atoms with E-state index in [1.165, 1.54) is 0 Å². The van der Waals surface area contributed by atoms with Gasteiger partial charge in [-0.25, -0.2) is 0 Å². The number of rotatable bonds is 3. The van der Waals surface area contributed by atoms with Crippen LogP contribution in [-0.4, -0.2) is 10.8 Å². The van der Waals surface area contributed by atoms with Crippen molar-refractivity contribution in [2.24, 2.45) is 5.73 Å². The summed E-state index contributed by atoms with van der Waals surface area (Å²) in [6.07, 6.45) is 1.65. The molecule has 0 aliphatic rings. The highest BCUT2D eigenvalue weighted by molar-refractivity contribution is 6.09. The number of nitrogens with two attached hydrogens (primary N) is 1. The van der Waals surface area contributed by atoms with Crippen LogP contribution in [0.1, 0.15) is 22.0 Å². The largest absolute Gasteiger partial charge is 0.318 e. The lowest BCUT2D eigenvalue weighted by atomic mass is 9.96. The minimum Gasteiger partial charge on any atom is -0.318 e. The number of aromatic nitrogens is 1. The summed E-state index contributed by atoms with van der Waals surface area (Å²) in [4.78, 5) is 16.9. The van der Waals surface area contributed by atoms with Crippen LogP contribution < -0.4 is 5.73 Å². The van der Waals surface area contributed by atoms with E-state index in [0.29, 0.717) is 5.56 Å². The molecule has 2 aromatic carbocycles. The number of hydrogen-bond donors (Lipinski definition) is 1. The molecule has 0 bridgehead atoms. The Morgan fingerprint density at radius 1 is 0.950 bits per heavy atom. The molecule has 3 aromatic rings. The normalized spacial score (nSPS) is 12.2. The number of para-hydroxylation sites is 1. The van der Waals surface area contributed by atoms with Crippen LogP contribution in [-0.2, 0) is 0 Å². The van der Waals surface area contributed by atoms with Gasteiger partial charge in [0.15, 0.2) is 5.78 Å². The van der Waals surface area contributed by atoms with Crippen LogP contribution in [0, 0.1) is 0 Å². The molecular weight excluding hydrogens is 248 g/mol. The van der Waals surface area contributed by atoms with E-state index >= 15 is 0 Å². The molecule has 3 heteroatoms. The molecule has 0 radical (unpaired) electrons. The van der Waals surface area contributed by atoms with Crippen molar-refractivity contribution in [2.45, 2.75) is 6.04 Å². The van der Waals surface area contributed by atoms with Crippen molar-refractivity contribution in [2.75, 3.05) is 0 Å². The highest BCUT2D eigenvalue weighted by atomic mass is 16.1. The lowest BCUT2D eigenvalue weighted by Gasteiger charge is -2.12. The molecule has 1 atom stereocenters. The molecule has 1 aromatic heterocycles. The smallest absolute Gasteiger partial charge is 0.184 e. The van der Waals surface area contributed by atoms with Crippen molar-refractivity contribution in [3.8, 4) is 0 Å². The third-order valence-electron chi connectivity index (χ3n) is 3.36. The molecule has 1 unspecified atom stereocenters. The Bertz CT molecular complexity index is 748. The second-order valence-corrected chi connectivity index (χ2v) is 4.63. The van der Waals surface area contributed by atoms with Crippen molar-refractivity contribution < 1.29 is 4.79 Å². The minimum atomic E-state index is -0.651. The van der Waals surface area contributed by atoms with E-state index in [4.69, 9.17) is 5.73 Å². The Morgan fingerprint density at radius 3 is 2.45 bits per heavy atom. The summed E-state index contributed by atoms with van der Waals surface area (Å²) in [5.74, 6) is -0.0881. The number of hydrogen-bond acceptors (Lipinski definition) is 3. The molecular formula is C17H14N2O. The number of nitrogens with zero attached hydrogens (tertiary/aromatic N) is 1. The van der Waals surface area contributed by atoms with Gasteiger partial charge >= 0.3 is 0 Å². The summed E-state index contributed by atoms with van der Waals surface area (Å²) in [5, 5.41) is 0.839. The molecule has 0 spiro atoms. The van der Waals surface area contributed by atoms with Crippen LogP contribution in [0.5, 0.6) is 0 Å². The molecule has 0 fully saturated rings. The second-order valence-electron chi connectivity index (χ2n) is 4.63. The van der Waals surface area contributed by atoms with Gasteiger partial charge in [-0.05, 0) is 17.7 Å². The number of Topliss-reactive ketones (excluding diaryl/α,β-unsaturated/α-hetero) is 1. The number of pyridine rings is 1. The van der Waals surface area contributed by atoms with Gasteiger partial charge in [0.05, 0.1) is 11.6 Å². The second kappa shape index (κ2) is 5.23. The van der Waals surface area contributed by atoms with Gasteiger partial charge in [-0.1, -0.05) is 48.5 Å². The van der Waals surface area contributed by atoms with Crippen molar-refractivity contribution in [1.82, 2.24) is 4.98 Å². The zero-order valence-corrected chi connectivity index (χ0v) is 10.9. The van der Waals surface area contributed by atoms with Gasteiger partial charge in [-0.3, -0.25) is 9.78 Å². The van der Waals surface area contributed by atoms with Gasteiger partial charge in [-0.2, -0.15) is 0 Å². The number of benzene rings is 2. The average Bonchev–Trinajstić information content (AvgIpc) is 2.54. The van der Waals surface area contributed by atoms with E-state index in [2.05, 4.69) is 4.98 Å². The van der Waals surface area contributed by atoms with Crippen LogP contribution in [0.15, 0.2) is 66.9 Å². The van der Waals surface area contributed by atoms with E-state index in [9.17, 15) is 4.79 Å². The molecule has 3 nitrogen and oxygen atoms in total. The van der Waals surface area contributed by atoms with Crippen molar-refractivity contribution in [3.05, 3.63) is 78.0 Å². The fourth-order valence-electron chi connectivity index (χ4n) is 2.29. The molecule has 0 saturated carbocycles. The van der Waals surface area contributed by atoms with E-state index in [-0.39, 0.29) is 5.78 Å². The Balaban J connectivity index is 2.05. The Labute approximate surface area is 117 Å². The van der Waals surface area contributed by atoms with Crippen molar-refractivity contribution in [1.29, 1.82) is 0 Å². The van der Waals surface area contributed by atoms with Gasteiger partial charge in [0.1, 0.15) is 0 Å². The first kappa shape index (κ1) is 12.5. The Morgan fingerprint density at radius 2 is 1.65 bits per heavy atom. The summed E-state index contributed by atoms with van der Waals surface area (Å²) in [6.45, 7) is 0. The first-order valence-electron chi connectivity index (χ1n) is 6.46. The summed E-state index contributed by atoms with van der Waals surface area (Å²) < 4.78 is 0. The monoisotopic (exact) mass is 262 g/mol. The topological polar surface area (TPSA) is 56.0 Å². The van der Waals surface area contributed by atoms with Gasteiger partial charge in [0.2, 0.25) is 0 Å². The molecule has 0 aliphatic carbocycles. The van der Waals surface area contributed by atoms with Gasteiger partial charge in [-0.15, -0.1) is 0 Å². The summed E-state index contributed by atoms with van der Waals surface area (Å²) in [7, 11) is 0. The Hall–Kier alpha value is -2.52. The maximum Gasteiger partial charge on any atom is 0.184 e. The fraction of sp³-hybridized carbons (Fsp3) is 0.0588. The minimum absolute atomic E-state index is 0.0881. The predicted molar refractivity (Wildman–Crippen MR) is 79.4 cm³/mol. The van der Waals surface area contributed by atoms with Crippen LogP contribution in [0.4, 0.5) is 0 Å². The standard InChI is InChI=1S/C17H14N2O/c18-16(12-6-2-1-3-7-12)17(20)14-10-11-19-15-9-5-4-8-13(14)15/h1-11,16H,18H2. The molecule has 20 heavy (non-hydrogen) atoms. The SMILES string of the molecule is NC(C(=O)c1ccnc2ccccc12)c1ccccc1. The zero-order chi connectivity index (χ0) is 13.9. The first-order chi connectivity index (χ1) is 9.77. The molecule has 98 valence electrons. The molecule has 0 amide bonds. The van der Waals surface area contributed by atoms with Gasteiger partial charge in [0, 0.05) is 17.1 Å². The van der Waals surface area contributed by atoms with Crippen LogP contribution in [0.3, 0.4) is 0 Å². The summed E-state index contributed by atoms with van der Waals surface area (Å²) >= 11 is 0. The van der Waals surface area contributed by atoms with Crippen LogP contribution in [0.2, 0.25) is 0 Å². The van der Waals surface area contributed by atoms with E-state index < -0.39 is 6.04 Å². The highest BCUT2D eigenvalue weighted by Gasteiger charge is 2.19. The van der Waals surface area contributed by atoms with Crippen molar-refractivity contribution in [3.63, 3.8) is 0 Å². The average molecular weight is 262 g/mol. The van der Waals surface area contributed by atoms with Gasteiger partial charge in [0.25, 0.3) is 0 Å². The summed E-state index contributed by atoms with van der Waals surface area (Å²) in [5.41, 5.74) is 8.33. The fourth-order valence-corrected chi connectivity index (χ4v) is 2.29. The zero-order valence-electron chi connectivity index (χ0n) is 10.9. The van der Waals surface area contributed by atoms with Crippen LogP contribution in [0.25, 0.3) is 10.9 Å². The molecule has 3 rings (SSSR count). The molecule has 1 heterocycles. The van der Waals surface area contributed by atoms with E-state index in [1.54, 1.807) is 12.3 Å². The Kier molecular flexibility index (Phi) is 3.27. The number of ketones is 1. The third-order valence-corrected chi connectivity index (χ3v) is 3.36. The number of fused-ring (bicyclic) bond motifs is 1. The van der Waals surface area contributed by atoms with E-state index in [1.807, 2.05) is 54.6 Å². The molecule has 0 aliphatic heterocycles. The van der Waals surface area contributed by atoms with Crippen molar-refractivity contribution >= 4 is 16.7 Å². The molecule has 2 N–H and O–H groups in total. The lowest BCUT2D eigenvalue weighted by molar-refractivity contribution is 0.0963. The molecule has 0 saturated heterocycles. The maximum absolute atomic E-state index is 12.6. The maximum atomic E-state index is 12.6. The predicted octanol–water partition coefficient (Wildman–Crippen LogP) is 3.12. The van der Waals surface area contributed by atoms with Crippen LogP contribution >= 0.6 is 0 Å². The quantitative estimate of drug-likeness (QED) is 0.738. The third kappa shape index (κ3) is 2.19. The number of carbonyl (C=O) groups excluding carboxylic acids is 1. The van der Waals surface area contributed by atoms with E-state index in [0.717, 1.165) is 16.5 Å². The summed E-state index contributed by atoms with van der Waals surface area (Å²) in [6, 6.07) is 18.1. The number of carbonyl (C=O) groups is 1. The first-order valence-corrected chi connectivity index (χ1v) is 6.46. The highest BCUT2D eigenvalue weighted by Crippen LogP contribution is 2.22. The lowest BCUT2D eigenvalue weighted by Crippen LogP contribution is -2.21. The van der Waals surface area contributed by atoms with Gasteiger partial charge < -0.3 is 5.73 Å².